The van der Waals surface area contributed by atoms with E-state index in [1.807, 2.05) is 0 Å². The van der Waals surface area contributed by atoms with Gasteiger partial charge in [0, 0.05) is 0 Å². The standard InChI is InChI=1S/C9H16O5S/c1-14-9(11)6-7-2-4-15(12,13)5-3-8(7)10/h7-8,10H,2-6H2,1H3/t7-,8-/m1/s1. The van der Waals surface area contributed by atoms with Crippen molar-refractivity contribution in [1.29, 1.82) is 0 Å². The molecule has 0 amide bonds. The second-order valence-electron chi connectivity index (χ2n) is 3.84. The second kappa shape index (κ2) is 4.94. The molecule has 1 heterocycles. The summed E-state index contributed by atoms with van der Waals surface area (Å²) in [5.74, 6) is -0.648. The van der Waals surface area contributed by atoms with Gasteiger partial charge in [-0.15, -0.1) is 0 Å². The van der Waals surface area contributed by atoms with Crippen molar-refractivity contribution in [1.82, 2.24) is 0 Å². The first-order valence-electron chi connectivity index (χ1n) is 4.90. The summed E-state index contributed by atoms with van der Waals surface area (Å²) in [6.07, 6.45) is -0.0862. The number of esters is 1. The van der Waals surface area contributed by atoms with Crippen LogP contribution in [0.25, 0.3) is 0 Å². The summed E-state index contributed by atoms with van der Waals surface area (Å²) in [5.41, 5.74) is 0. The van der Waals surface area contributed by atoms with E-state index in [0.29, 0.717) is 6.42 Å². The van der Waals surface area contributed by atoms with Crippen LogP contribution in [0.4, 0.5) is 0 Å². The molecule has 0 radical (unpaired) electrons. The Morgan fingerprint density at radius 2 is 2.00 bits per heavy atom. The van der Waals surface area contributed by atoms with Gasteiger partial charge < -0.3 is 9.84 Å². The molecule has 1 saturated heterocycles. The summed E-state index contributed by atoms with van der Waals surface area (Å²) in [7, 11) is -1.76. The van der Waals surface area contributed by atoms with Crippen molar-refractivity contribution in [2.45, 2.75) is 25.4 Å². The fraction of sp³-hybridized carbons (Fsp3) is 0.889. The van der Waals surface area contributed by atoms with E-state index in [2.05, 4.69) is 4.74 Å². The summed E-state index contributed by atoms with van der Waals surface area (Å²) in [6.45, 7) is 0. The first kappa shape index (κ1) is 12.4. The monoisotopic (exact) mass is 236 g/mol. The molecule has 15 heavy (non-hydrogen) atoms. The minimum absolute atomic E-state index is 0.00579. The van der Waals surface area contributed by atoms with Crippen LogP contribution >= 0.6 is 0 Å². The maximum absolute atomic E-state index is 11.3. The van der Waals surface area contributed by atoms with Crippen molar-refractivity contribution in [3.63, 3.8) is 0 Å². The van der Waals surface area contributed by atoms with E-state index in [-0.39, 0.29) is 30.3 Å². The lowest BCUT2D eigenvalue weighted by Gasteiger charge is -2.17. The van der Waals surface area contributed by atoms with Crippen molar-refractivity contribution in [2.24, 2.45) is 5.92 Å². The number of aliphatic hydroxyl groups is 1. The summed E-state index contributed by atoms with van der Waals surface area (Å²) in [4.78, 5) is 11.0. The molecule has 0 aromatic rings. The highest BCUT2D eigenvalue weighted by atomic mass is 32.2. The predicted molar refractivity (Wildman–Crippen MR) is 54.0 cm³/mol. The largest absolute Gasteiger partial charge is 0.469 e. The first-order chi connectivity index (χ1) is 6.94. The topological polar surface area (TPSA) is 80.7 Å². The number of ether oxygens (including phenoxy) is 1. The summed E-state index contributed by atoms with van der Waals surface area (Å²) >= 11 is 0. The van der Waals surface area contributed by atoms with E-state index < -0.39 is 21.9 Å². The Kier molecular flexibility index (Phi) is 4.10. The highest BCUT2D eigenvalue weighted by Crippen LogP contribution is 2.22. The van der Waals surface area contributed by atoms with E-state index in [1.54, 1.807) is 0 Å². The van der Waals surface area contributed by atoms with Gasteiger partial charge >= 0.3 is 5.97 Å². The molecule has 2 atom stereocenters. The van der Waals surface area contributed by atoms with Gasteiger partial charge in [-0.3, -0.25) is 4.79 Å². The number of carbonyl (C=O) groups is 1. The van der Waals surface area contributed by atoms with Gasteiger partial charge in [0.1, 0.15) is 9.84 Å². The third-order valence-corrected chi connectivity index (χ3v) is 4.44. The smallest absolute Gasteiger partial charge is 0.305 e. The quantitative estimate of drug-likeness (QED) is 0.668. The Labute approximate surface area is 89.3 Å². The van der Waals surface area contributed by atoms with Crippen LogP contribution in [-0.2, 0) is 19.4 Å². The van der Waals surface area contributed by atoms with Gasteiger partial charge in [0.25, 0.3) is 0 Å². The number of aliphatic hydroxyl groups excluding tert-OH is 1. The molecule has 6 heteroatoms. The predicted octanol–water partition coefficient (Wildman–Crippen LogP) is -0.265. The molecular formula is C9H16O5S. The molecule has 0 spiro atoms. The van der Waals surface area contributed by atoms with Gasteiger partial charge in [0.2, 0.25) is 0 Å². The third-order valence-electron chi connectivity index (χ3n) is 2.72. The molecule has 0 aliphatic carbocycles. The zero-order chi connectivity index (χ0) is 11.5. The molecule has 0 saturated carbocycles. The second-order valence-corrected chi connectivity index (χ2v) is 6.14. The normalized spacial score (nSPS) is 30.5. The van der Waals surface area contributed by atoms with Crippen molar-refractivity contribution >= 4 is 15.8 Å². The van der Waals surface area contributed by atoms with Gasteiger partial charge in [-0.1, -0.05) is 0 Å². The van der Waals surface area contributed by atoms with Gasteiger partial charge in [-0.2, -0.15) is 0 Å². The summed E-state index contributed by atoms with van der Waals surface area (Å²) in [5, 5.41) is 9.65. The van der Waals surface area contributed by atoms with Gasteiger partial charge in [-0.05, 0) is 18.8 Å². The highest BCUT2D eigenvalue weighted by molar-refractivity contribution is 7.91. The van der Waals surface area contributed by atoms with Crippen LogP contribution in [0.15, 0.2) is 0 Å². The number of methoxy groups -OCH3 is 1. The molecule has 1 rings (SSSR count). The van der Waals surface area contributed by atoms with Gasteiger partial charge in [0.05, 0.1) is 31.1 Å². The van der Waals surface area contributed by atoms with Crippen LogP contribution < -0.4 is 0 Å². The fourth-order valence-corrected chi connectivity index (χ4v) is 3.16. The van der Waals surface area contributed by atoms with Crippen LogP contribution in [-0.4, -0.2) is 44.2 Å². The SMILES string of the molecule is COC(=O)C[C@H]1CCS(=O)(=O)CC[C@H]1O. The van der Waals surface area contributed by atoms with Gasteiger partial charge in [-0.25, -0.2) is 8.42 Å². The Hall–Kier alpha value is -0.620. The van der Waals surface area contributed by atoms with Crippen LogP contribution in [0.1, 0.15) is 19.3 Å². The number of carbonyl (C=O) groups excluding carboxylic acids is 1. The average Bonchev–Trinajstić information content (AvgIpc) is 2.31. The van der Waals surface area contributed by atoms with Crippen LogP contribution in [0.3, 0.4) is 0 Å². The van der Waals surface area contributed by atoms with Gasteiger partial charge in [0.15, 0.2) is 0 Å². The number of hydrogen-bond donors (Lipinski definition) is 1. The van der Waals surface area contributed by atoms with E-state index in [0.717, 1.165) is 0 Å². The molecule has 1 aliphatic heterocycles. The van der Waals surface area contributed by atoms with Crippen LogP contribution in [0, 0.1) is 5.92 Å². The molecule has 1 N–H and O–H groups in total. The Bertz CT molecular complexity index is 321. The molecule has 5 nitrogen and oxygen atoms in total. The molecular weight excluding hydrogens is 220 g/mol. The number of rotatable bonds is 2. The van der Waals surface area contributed by atoms with E-state index >= 15 is 0 Å². The lowest BCUT2D eigenvalue weighted by molar-refractivity contribution is -0.142. The first-order valence-corrected chi connectivity index (χ1v) is 6.72. The zero-order valence-electron chi connectivity index (χ0n) is 8.68. The maximum atomic E-state index is 11.3. The van der Waals surface area contributed by atoms with Crippen molar-refractivity contribution in [3.8, 4) is 0 Å². The van der Waals surface area contributed by atoms with Crippen LogP contribution in [0.2, 0.25) is 0 Å². The molecule has 0 unspecified atom stereocenters. The number of sulfone groups is 1. The summed E-state index contributed by atoms with van der Waals surface area (Å²) < 4.78 is 27.1. The highest BCUT2D eigenvalue weighted by Gasteiger charge is 2.29. The Morgan fingerprint density at radius 1 is 1.40 bits per heavy atom. The minimum Gasteiger partial charge on any atom is -0.469 e. The average molecular weight is 236 g/mol. The molecule has 1 fully saturated rings. The van der Waals surface area contributed by atoms with E-state index in [4.69, 9.17) is 0 Å². The maximum Gasteiger partial charge on any atom is 0.305 e. The van der Waals surface area contributed by atoms with Crippen LogP contribution in [0.5, 0.6) is 0 Å². The van der Waals surface area contributed by atoms with E-state index in [1.165, 1.54) is 7.11 Å². The van der Waals surface area contributed by atoms with Crippen molar-refractivity contribution in [2.75, 3.05) is 18.6 Å². The molecule has 1 aliphatic rings. The lowest BCUT2D eigenvalue weighted by Crippen LogP contribution is -2.23. The zero-order valence-corrected chi connectivity index (χ0v) is 9.50. The molecule has 0 aromatic carbocycles. The van der Waals surface area contributed by atoms with Crippen molar-refractivity contribution in [3.05, 3.63) is 0 Å². The molecule has 0 aromatic heterocycles. The molecule has 0 bridgehead atoms. The Balaban J connectivity index is 2.61. The Morgan fingerprint density at radius 3 is 2.60 bits per heavy atom. The number of hydrogen-bond acceptors (Lipinski definition) is 5. The fourth-order valence-electron chi connectivity index (χ4n) is 1.70. The summed E-state index contributed by atoms with van der Waals surface area (Å²) in [6, 6.07) is 0. The van der Waals surface area contributed by atoms with Crippen molar-refractivity contribution < 1.29 is 23.1 Å². The van der Waals surface area contributed by atoms with E-state index in [9.17, 15) is 18.3 Å². The lowest BCUT2D eigenvalue weighted by atomic mass is 9.94. The molecule has 88 valence electrons. The minimum atomic E-state index is -3.04. The third kappa shape index (κ3) is 3.79.